The summed E-state index contributed by atoms with van der Waals surface area (Å²) in [5, 5.41) is 0. The number of hydrogen-bond acceptors (Lipinski definition) is 6. The van der Waals surface area contributed by atoms with Gasteiger partial charge in [0.25, 0.3) is 5.91 Å². The maximum atomic E-state index is 13.1. The minimum atomic E-state index is -0.605. The van der Waals surface area contributed by atoms with Gasteiger partial charge in [-0.3, -0.25) is 4.79 Å². The fourth-order valence-corrected chi connectivity index (χ4v) is 4.14. The van der Waals surface area contributed by atoms with Crippen molar-refractivity contribution in [2.24, 2.45) is 0 Å². The van der Waals surface area contributed by atoms with Gasteiger partial charge in [-0.1, -0.05) is 0 Å². The molecule has 8 nitrogen and oxygen atoms in total. The van der Waals surface area contributed by atoms with Gasteiger partial charge in [-0.25, -0.2) is 19.3 Å². The molecule has 2 aliphatic heterocycles. The average molecular weight is 388 g/mol. The number of carbonyl (C=O) groups excluding carboxylic acids is 1. The predicted molar refractivity (Wildman–Crippen MR) is 100 cm³/mol. The molecule has 2 aromatic heterocycles. The number of imidazole rings is 1. The zero-order valence-electron chi connectivity index (χ0n) is 16.2. The molecule has 4 heterocycles. The van der Waals surface area contributed by atoms with Crippen LogP contribution in [-0.2, 0) is 21.7 Å². The molecule has 0 aliphatic carbocycles. The zero-order chi connectivity index (χ0) is 19.7. The van der Waals surface area contributed by atoms with Crippen molar-refractivity contribution in [1.82, 2.24) is 24.4 Å². The summed E-state index contributed by atoms with van der Waals surface area (Å²) >= 11 is 0. The molecule has 1 fully saturated rings. The maximum Gasteiger partial charge on any atom is 0.253 e. The number of halogens is 1. The first kappa shape index (κ1) is 18.8. The van der Waals surface area contributed by atoms with E-state index in [2.05, 4.69) is 15.0 Å². The lowest BCUT2D eigenvalue weighted by molar-refractivity contribution is -0.175. The van der Waals surface area contributed by atoms with Crippen molar-refractivity contribution in [3.63, 3.8) is 0 Å². The number of carbonyl (C=O) groups is 1. The summed E-state index contributed by atoms with van der Waals surface area (Å²) < 4.78 is 21.6. The van der Waals surface area contributed by atoms with Crippen LogP contribution < -0.4 is 4.90 Å². The highest BCUT2D eigenvalue weighted by Gasteiger charge is 2.47. The summed E-state index contributed by atoms with van der Waals surface area (Å²) in [5.41, 5.74) is -0.605. The number of nitrogens with zero attached hydrogens (tertiary/aromatic N) is 6. The Hall–Kier alpha value is -2.55. The molecule has 28 heavy (non-hydrogen) atoms. The van der Waals surface area contributed by atoms with Crippen LogP contribution in [0.3, 0.4) is 0 Å². The third-order valence-electron chi connectivity index (χ3n) is 5.66. The van der Waals surface area contributed by atoms with E-state index in [0.29, 0.717) is 51.5 Å². The quantitative estimate of drug-likeness (QED) is 0.792. The Morgan fingerprint density at radius 2 is 1.93 bits per heavy atom. The molecule has 0 unspecified atom stereocenters. The minimum absolute atomic E-state index is 0.0213. The van der Waals surface area contributed by atoms with E-state index in [1.54, 1.807) is 6.20 Å². The van der Waals surface area contributed by atoms with Crippen molar-refractivity contribution in [2.75, 3.05) is 31.1 Å². The molecular formula is C19H25FN6O2. The molecule has 1 amide bonds. The van der Waals surface area contributed by atoms with Crippen LogP contribution in [0.2, 0.25) is 0 Å². The van der Waals surface area contributed by atoms with Crippen molar-refractivity contribution in [2.45, 2.75) is 44.9 Å². The standard InChI is InChI=1S/C19H25FN6O2/c1-3-24(4-2)16(27)15-13-26-10-7-21-17(26)19(28-15)5-8-25(9-6-19)18-22-11-14(20)12-23-18/h7,10-12,15H,3-6,8-9,13H2,1-2H3/t15-/m0/s1. The fraction of sp³-hybridized carbons (Fsp3) is 0.579. The molecule has 0 saturated carbocycles. The van der Waals surface area contributed by atoms with Gasteiger partial charge in [-0.2, -0.15) is 0 Å². The Morgan fingerprint density at radius 1 is 1.25 bits per heavy atom. The van der Waals surface area contributed by atoms with Gasteiger partial charge in [-0.05, 0) is 13.8 Å². The van der Waals surface area contributed by atoms with Gasteiger partial charge in [0.15, 0.2) is 11.9 Å². The number of likely N-dealkylation sites (N-methyl/N-ethyl adjacent to an activating group) is 1. The lowest BCUT2D eigenvalue weighted by Gasteiger charge is -2.46. The lowest BCUT2D eigenvalue weighted by Crippen LogP contribution is -2.54. The van der Waals surface area contributed by atoms with Crippen molar-refractivity contribution in [3.05, 3.63) is 36.4 Å². The number of amides is 1. The van der Waals surface area contributed by atoms with E-state index in [1.165, 1.54) is 12.4 Å². The van der Waals surface area contributed by atoms with E-state index in [9.17, 15) is 9.18 Å². The number of rotatable bonds is 4. The molecule has 150 valence electrons. The molecule has 1 atom stereocenters. The van der Waals surface area contributed by atoms with Crippen LogP contribution in [0.15, 0.2) is 24.8 Å². The molecule has 2 aromatic rings. The van der Waals surface area contributed by atoms with Crippen LogP contribution in [0.25, 0.3) is 0 Å². The number of fused-ring (bicyclic) bond motifs is 2. The van der Waals surface area contributed by atoms with Crippen molar-refractivity contribution in [3.8, 4) is 0 Å². The molecular weight excluding hydrogens is 363 g/mol. The second-order valence-corrected chi connectivity index (χ2v) is 7.20. The largest absolute Gasteiger partial charge is 0.352 e. The Morgan fingerprint density at radius 3 is 2.57 bits per heavy atom. The molecule has 1 saturated heterocycles. The summed E-state index contributed by atoms with van der Waals surface area (Å²) in [7, 11) is 0. The highest BCUT2D eigenvalue weighted by Crippen LogP contribution is 2.40. The van der Waals surface area contributed by atoms with E-state index >= 15 is 0 Å². The van der Waals surface area contributed by atoms with Gasteiger partial charge in [0.2, 0.25) is 5.95 Å². The first-order valence-corrected chi connectivity index (χ1v) is 9.77. The zero-order valence-corrected chi connectivity index (χ0v) is 16.2. The summed E-state index contributed by atoms with van der Waals surface area (Å²) in [6, 6.07) is 0. The molecule has 0 N–H and O–H groups in total. The third kappa shape index (κ3) is 3.23. The topological polar surface area (TPSA) is 76.4 Å². The van der Waals surface area contributed by atoms with Crippen LogP contribution >= 0.6 is 0 Å². The Bertz CT molecular complexity index is 827. The highest BCUT2D eigenvalue weighted by atomic mass is 19.1. The lowest BCUT2D eigenvalue weighted by atomic mass is 9.88. The monoisotopic (exact) mass is 388 g/mol. The first-order chi connectivity index (χ1) is 13.6. The fourth-order valence-electron chi connectivity index (χ4n) is 4.14. The van der Waals surface area contributed by atoms with Crippen LogP contribution in [0.4, 0.5) is 10.3 Å². The summed E-state index contributed by atoms with van der Waals surface area (Å²) in [6.45, 7) is 7.05. The van der Waals surface area contributed by atoms with Gasteiger partial charge in [0.05, 0.1) is 18.9 Å². The first-order valence-electron chi connectivity index (χ1n) is 9.77. The number of piperidine rings is 1. The highest BCUT2D eigenvalue weighted by molar-refractivity contribution is 5.81. The van der Waals surface area contributed by atoms with Gasteiger partial charge < -0.3 is 19.1 Å². The van der Waals surface area contributed by atoms with Gasteiger partial charge in [0.1, 0.15) is 11.4 Å². The van der Waals surface area contributed by atoms with Gasteiger partial charge >= 0.3 is 0 Å². The van der Waals surface area contributed by atoms with Crippen molar-refractivity contribution < 1.29 is 13.9 Å². The van der Waals surface area contributed by atoms with E-state index in [-0.39, 0.29) is 5.91 Å². The molecule has 0 radical (unpaired) electrons. The van der Waals surface area contributed by atoms with E-state index in [4.69, 9.17) is 4.74 Å². The van der Waals surface area contributed by atoms with E-state index in [0.717, 1.165) is 5.82 Å². The molecule has 0 bridgehead atoms. The second kappa shape index (κ2) is 7.46. The van der Waals surface area contributed by atoms with Crippen LogP contribution in [0.5, 0.6) is 0 Å². The molecule has 9 heteroatoms. The van der Waals surface area contributed by atoms with Gasteiger partial charge in [0, 0.05) is 51.4 Å². The van der Waals surface area contributed by atoms with E-state index in [1.807, 2.05) is 34.4 Å². The van der Waals surface area contributed by atoms with Crippen LogP contribution in [-0.4, -0.2) is 62.6 Å². The average Bonchev–Trinajstić information content (AvgIpc) is 3.20. The summed E-state index contributed by atoms with van der Waals surface area (Å²) in [6.07, 6.45) is 6.83. The molecule has 4 rings (SSSR count). The Balaban J connectivity index is 1.55. The van der Waals surface area contributed by atoms with E-state index < -0.39 is 17.5 Å². The Labute approximate surface area is 163 Å². The SMILES string of the molecule is CCN(CC)C(=O)[C@@H]1Cn2ccnc2C2(CCN(c3ncc(F)cn3)CC2)O1. The van der Waals surface area contributed by atoms with Crippen molar-refractivity contribution >= 4 is 11.9 Å². The van der Waals surface area contributed by atoms with Crippen LogP contribution in [0, 0.1) is 5.82 Å². The second-order valence-electron chi connectivity index (χ2n) is 7.20. The molecule has 1 spiro atoms. The number of ether oxygens (including phenoxy) is 1. The third-order valence-corrected chi connectivity index (χ3v) is 5.66. The number of aromatic nitrogens is 4. The van der Waals surface area contributed by atoms with Crippen molar-refractivity contribution in [1.29, 1.82) is 0 Å². The maximum absolute atomic E-state index is 13.1. The summed E-state index contributed by atoms with van der Waals surface area (Å²) in [5.74, 6) is 0.947. The number of anilines is 1. The Kier molecular flexibility index (Phi) is 5.01. The smallest absolute Gasteiger partial charge is 0.253 e. The molecule has 2 aliphatic rings. The number of hydrogen-bond donors (Lipinski definition) is 0. The summed E-state index contributed by atoms with van der Waals surface area (Å²) in [4.78, 5) is 29.4. The predicted octanol–water partition coefficient (Wildman–Crippen LogP) is 1.58. The minimum Gasteiger partial charge on any atom is -0.352 e. The molecule has 0 aromatic carbocycles. The van der Waals surface area contributed by atoms with Crippen LogP contribution in [0.1, 0.15) is 32.5 Å². The normalized spacial score (nSPS) is 20.8. The van der Waals surface area contributed by atoms with Gasteiger partial charge in [-0.15, -0.1) is 0 Å².